The van der Waals surface area contributed by atoms with Crippen LogP contribution in [0.3, 0.4) is 0 Å². The Morgan fingerprint density at radius 1 is 1.22 bits per heavy atom. The highest BCUT2D eigenvalue weighted by Gasteiger charge is 2.24. The minimum Gasteiger partial charge on any atom is -0.496 e. The quantitative estimate of drug-likeness (QED) is 0.851. The Balaban J connectivity index is 1.78. The van der Waals surface area contributed by atoms with E-state index in [0.29, 0.717) is 17.9 Å². The van der Waals surface area contributed by atoms with E-state index < -0.39 is 0 Å². The molecule has 0 unspecified atom stereocenters. The number of ether oxygens (including phenoxy) is 1. The number of nitrogens with zero attached hydrogens (tertiary/aromatic N) is 1. The van der Waals surface area contributed by atoms with Crippen LogP contribution < -0.4 is 15.6 Å². The number of aromatic nitrogens is 1. The maximum Gasteiger partial charge on any atom is 0.257 e. The lowest BCUT2D eigenvalue weighted by atomic mass is 10.0. The first kappa shape index (κ1) is 19.2. The van der Waals surface area contributed by atoms with Crippen LogP contribution in [0.2, 0.25) is 0 Å². The molecule has 0 spiro atoms. The van der Waals surface area contributed by atoms with Gasteiger partial charge >= 0.3 is 0 Å². The molecule has 144 valence electrons. The first-order chi connectivity index (χ1) is 13.1. The highest BCUT2D eigenvalue weighted by molar-refractivity contribution is 5.98. The summed E-state index contributed by atoms with van der Waals surface area (Å²) in [7, 11) is 1.51. The van der Waals surface area contributed by atoms with Crippen LogP contribution in [0.25, 0.3) is 0 Å². The van der Waals surface area contributed by atoms with Gasteiger partial charge in [0.15, 0.2) is 0 Å². The van der Waals surface area contributed by atoms with E-state index in [1.807, 2.05) is 25.1 Å². The van der Waals surface area contributed by atoms with Gasteiger partial charge in [-0.2, -0.15) is 0 Å². The van der Waals surface area contributed by atoms with Crippen LogP contribution in [0.15, 0.2) is 41.2 Å². The monoisotopic (exact) mass is 368 g/mol. The van der Waals surface area contributed by atoms with E-state index in [2.05, 4.69) is 17.4 Å². The number of nitrogens with one attached hydrogen (secondary N) is 1. The van der Waals surface area contributed by atoms with Crippen molar-refractivity contribution in [2.24, 2.45) is 0 Å². The Morgan fingerprint density at radius 2 is 2.00 bits per heavy atom. The SMILES string of the molecule is COc1cc(=O)n2c(c1C(=O)N[C@H](C)CCc1ccccc1)CCCCC2. The molecule has 0 bridgehead atoms. The fraction of sp³-hybridized carbons (Fsp3) is 0.455. The number of rotatable bonds is 6. The second-order valence-electron chi connectivity index (χ2n) is 7.23. The third-order valence-electron chi connectivity index (χ3n) is 5.21. The van der Waals surface area contributed by atoms with E-state index in [1.165, 1.54) is 18.7 Å². The second-order valence-corrected chi connectivity index (χ2v) is 7.23. The van der Waals surface area contributed by atoms with Gasteiger partial charge in [0.1, 0.15) is 11.3 Å². The van der Waals surface area contributed by atoms with E-state index in [0.717, 1.165) is 44.2 Å². The van der Waals surface area contributed by atoms with Gasteiger partial charge in [-0.15, -0.1) is 0 Å². The summed E-state index contributed by atoms with van der Waals surface area (Å²) < 4.78 is 7.14. The van der Waals surface area contributed by atoms with Crippen molar-refractivity contribution in [2.45, 2.75) is 58.0 Å². The zero-order chi connectivity index (χ0) is 19.2. The normalized spacial score (nSPS) is 14.7. The Bertz CT molecular complexity index is 843. The molecule has 2 heterocycles. The van der Waals surface area contributed by atoms with E-state index in [1.54, 1.807) is 4.57 Å². The van der Waals surface area contributed by atoms with Crippen LogP contribution in [0.1, 0.15) is 54.2 Å². The number of pyridine rings is 1. The summed E-state index contributed by atoms with van der Waals surface area (Å²) >= 11 is 0. The first-order valence-electron chi connectivity index (χ1n) is 9.75. The van der Waals surface area contributed by atoms with Gasteiger partial charge < -0.3 is 14.6 Å². The van der Waals surface area contributed by atoms with Crippen molar-refractivity contribution < 1.29 is 9.53 Å². The van der Waals surface area contributed by atoms with E-state index >= 15 is 0 Å². The molecular formula is C22H28N2O3. The summed E-state index contributed by atoms with van der Waals surface area (Å²) in [4.78, 5) is 25.4. The summed E-state index contributed by atoms with van der Waals surface area (Å²) in [5.74, 6) is 0.221. The van der Waals surface area contributed by atoms with Gasteiger partial charge in [-0.25, -0.2) is 0 Å². The van der Waals surface area contributed by atoms with Gasteiger partial charge in [-0.05, 0) is 44.6 Å². The Hall–Kier alpha value is -2.56. The summed E-state index contributed by atoms with van der Waals surface area (Å²) in [6.45, 7) is 2.68. The van der Waals surface area contributed by atoms with Gasteiger partial charge in [0.05, 0.1) is 7.11 Å². The second kappa shape index (κ2) is 8.89. The summed E-state index contributed by atoms with van der Waals surface area (Å²) in [6, 6.07) is 11.7. The van der Waals surface area contributed by atoms with Gasteiger partial charge in [-0.3, -0.25) is 9.59 Å². The summed E-state index contributed by atoms with van der Waals surface area (Å²) in [5.41, 5.74) is 2.50. The van der Waals surface area contributed by atoms with E-state index in [-0.39, 0.29) is 17.5 Å². The van der Waals surface area contributed by atoms with Crippen molar-refractivity contribution in [3.8, 4) is 5.75 Å². The molecule has 0 radical (unpaired) electrons. The Kier molecular flexibility index (Phi) is 6.32. The molecule has 1 aromatic heterocycles. The molecule has 5 heteroatoms. The lowest BCUT2D eigenvalue weighted by Crippen LogP contribution is -2.36. The van der Waals surface area contributed by atoms with Crippen molar-refractivity contribution in [3.63, 3.8) is 0 Å². The number of hydrogen-bond donors (Lipinski definition) is 1. The zero-order valence-corrected chi connectivity index (χ0v) is 16.2. The largest absolute Gasteiger partial charge is 0.496 e. The summed E-state index contributed by atoms with van der Waals surface area (Å²) in [6.07, 6.45) is 5.51. The number of methoxy groups -OCH3 is 1. The summed E-state index contributed by atoms with van der Waals surface area (Å²) in [5, 5.41) is 3.10. The molecule has 1 atom stereocenters. The predicted molar refractivity (Wildman–Crippen MR) is 107 cm³/mol. The van der Waals surface area contributed by atoms with Crippen molar-refractivity contribution in [2.75, 3.05) is 7.11 Å². The fourth-order valence-corrected chi connectivity index (χ4v) is 3.72. The first-order valence-corrected chi connectivity index (χ1v) is 9.75. The molecule has 1 N–H and O–H groups in total. The minimum absolute atomic E-state index is 0.0285. The van der Waals surface area contributed by atoms with Crippen molar-refractivity contribution in [1.29, 1.82) is 0 Å². The molecule has 1 aromatic carbocycles. The van der Waals surface area contributed by atoms with Crippen LogP contribution in [0.5, 0.6) is 5.75 Å². The van der Waals surface area contributed by atoms with Crippen LogP contribution >= 0.6 is 0 Å². The van der Waals surface area contributed by atoms with Gasteiger partial charge in [0.25, 0.3) is 11.5 Å². The third kappa shape index (κ3) is 4.59. The molecule has 2 aromatic rings. The van der Waals surface area contributed by atoms with Crippen LogP contribution in [0, 0.1) is 0 Å². The minimum atomic E-state index is -0.155. The highest BCUT2D eigenvalue weighted by Crippen LogP contribution is 2.24. The zero-order valence-electron chi connectivity index (χ0n) is 16.2. The smallest absolute Gasteiger partial charge is 0.257 e. The average molecular weight is 368 g/mol. The van der Waals surface area contributed by atoms with Crippen LogP contribution in [0.4, 0.5) is 0 Å². The van der Waals surface area contributed by atoms with Crippen LogP contribution in [-0.2, 0) is 19.4 Å². The number of carbonyl (C=O) groups excluding carboxylic acids is 1. The molecule has 3 rings (SSSR count). The molecule has 27 heavy (non-hydrogen) atoms. The van der Waals surface area contributed by atoms with E-state index in [9.17, 15) is 9.59 Å². The average Bonchev–Trinajstić information content (AvgIpc) is 2.93. The molecule has 0 fully saturated rings. The molecule has 1 aliphatic heterocycles. The topological polar surface area (TPSA) is 60.3 Å². The maximum absolute atomic E-state index is 13.0. The standard InChI is InChI=1S/C22H28N2O3/c1-16(12-13-17-9-5-3-6-10-17)23-22(26)21-18-11-7-4-8-14-24(18)20(25)15-19(21)27-2/h3,5-6,9-10,15-16H,4,7-8,11-14H2,1-2H3,(H,23,26)/t16-/m1/s1. The fourth-order valence-electron chi connectivity index (χ4n) is 3.72. The number of amides is 1. The molecule has 1 aliphatic rings. The van der Waals surface area contributed by atoms with Crippen molar-refractivity contribution >= 4 is 5.91 Å². The molecule has 0 saturated carbocycles. The van der Waals surface area contributed by atoms with Gasteiger partial charge in [0, 0.05) is 24.3 Å². The number of fused-ring (bicyclic) bond motifs is 1. The molecular weight excluding hydrogens is 340 g/mol. The molecule has 0 aliphatic carbocycles. The number of aryl methyl sites for hydroxylation is 1. The number of carbonyl (C=O) groups is 1. The predicted octanol–water partition coefficient (Wildman–Crippen LogP) is 3.33. The number of hydrogen-bond acceptors (Lipinski definition) is 3. The molecule has 1 amide bonds. The van der Waals surface area contributed by atoms with E-state index in [4.69, 9.17) is 4.74 Å². The highest BCUT2D eigenvalue weighted by atomic mass is 16.5. The van der Waals surface area contributed by atoms with Crippen LogP contribution in [-0.4, -0.2) is 23.6 Å². The lowest BCUT2D eigenvalue weighted by Gasteiger charge is -2.20. The Morgan fingerprint density at radius 3 is 2.74 bits per heavy atom. The van der Waals surface area contributed by atoms with Gasteiger partial charge in [0.2, 0.25) is 0 Å². The van der Waals surface area contributed by atoms with Crippen molar-refractivity contribution in [3.05, 3.63) is 63.6 Å². The Labute approximate surface area is 160 Å². The molecule has 5 nitrogen and oxygen atoms in total. The van der Waals surface area contributed by atoms with Gasteiger partial charge in [-0.1, -0.05) is 36.8 Å². The molecule has 0 saturated heterocycles. The third-order valence-corrected chi connectivity index (χ3v) is 5.21. The lowest BCUT2D eigenvalue weighted by molar-refractivity contribution is 0.0933. The maximum atomic E-state index is 13.0. The van der Waals surface area contributed by atoms with Crippen molar-refractivity contribution in [1.82, 2.24) is 9.88 Å². The number of benzene rings is 1.